The van der Waals surface area contributed by atoms with Crippen LogP contribution in [-0.4, -0.2) is 20.2 Å². The molecule has 0 radical (unpaired) electrons. The molecule has 108 valence electrons. The minimum atomic E-state index is 0.559. The van der Waals surface area contributed by atoms with Crippen LogP contribution in [0.25, 0.3) is 11.3 Å². The molecular formula is C15H12N6S. The third-order valence-corrected chi connectivity index (χ3v) is 4.52. The Morgan fingerprint density at radius 1 is 1.32 bits per heavy atom. The van der Waals surface area contributed by atoms with E-state index < -0.39 is 0 Å². The number of aromatic amines is 1. The van der Waals surface area contributed by atoms with Gasteiger partial charge in [0.05, 0.1) is 23.3 Å². The lowest BCUT2D eigenvalue weighted by molar-refractivity contribution is 0.811. The zero-order valence-electron chi connectivity index (χ0n) is 11.6. The summed E-state index contributed by atoms with van der Waals surface area (Å²) in [7, 11) is 0. The van der Waals surface area contributed by atoms with Crippen LogP contribution < -0.4 is 5.32 Å². The van der Waals surface area contributed by atoms with Crippen LogP contribution in [0.4, 0.5) is 11.6 Å². The maximum absolute atomic E-state index is 8.87. The van der Waals surface area contributed by atoms with E-state index >= 15 is 0 Å². The molecule has 0 saturated heterocycles. The van der Waals surface area contributed by atoms with Crippen LogP contribution in [0.3, 0.4) is 0 Å². The number of hydrogen-bond acceptors (Lipinski definition) is 6. The Balaban J connectivity index is 1.68. The molecule has 3 aromatic heterocycles. The largest absolute Gasteiger partial charge is 0.323 e. The minimum absolute atomic E-state index is 0.559. The van der Waals surface area contributed by atoms with Gasteiger partial charge in [-0.2, -0.15) is 10.4 Å². The Hall–Kier alpha value is -2.72. The molecule has 6 nitrogen and oxygen atoms in total. The highest BCUT2D eigenvalue weighted by Gasteiger charge is 2.18. The van der Waals surface area contributed by atoms with Gasteiger partial charge in [-0.25, -0.2) is 9.97 Å². The summed E-state index contributed by atoms with van der Waals surface area (Å²) in [6.07, 6.45) is 6.69. The molecule has 4 rings (SSSR count). The minimum Gasteiger partial charge on any atom is -0.323 e. The smallest absolute Gasteiger partial charge is 0.227 e. The Kier molecular flexibility index (Phi) is 3.09. The maximum atomic E-state index is 8.87. The van der Waals surface area contributed by atoms with Gasteiger partial charge in [0.15, 0.2) is 0 Å². The second-order valence-electron chi connectivity index (χ2n) is 5.11. The van der Waals surface area contributed by atoms with E-state index in [4.69, 9.17) is 5.26 Å². The molecule has 22 heavy (non-hydrogen) atoms. The predicted octanol–water partition coefficient (Wildman–Crippen LogP) is 3.03. The van der Waals surface area contributed by atoms with E-state index in [9.17, 15) is 0 Å². The second kappa shape index (κ2) is 5.24. The summed E-state index contributed by atoms with van der Waals surface area (Å²) in [5, 5.41) is 21.1. The van der Waals surface area contributed by atoms with Gasteiger partial charge in [0.1, 0.15) is 10.9 Å². The maximum Gasteiger partial charge on any atom is 0.227 e. The van der Waals surface area contributed by atoms with E-state index in [2.05, 4.69) is 31.6 Å². The molecule has 0 atom stereocenters. The number of nitriles is 1. The van der Waals surface area contributed by atoms with Crippen molar-refractivity contribution in [1.29, 1.82) is 5.26 Å². The lowest BCUT2D eigenvalue weighted by atomic mass is 10.1. The summed E-state index contributed by atoms with van der Waals surface area (Å²) in [6.45, 7) is 0. The van der Waals surface area contributed by atoms with Gasteiger partial charge in [-0.05, 0) is 30.9 Å². The first-order valence-corrected chi connectivity index (χ1v) is 7.85. The number of nitrogens with zero attached hydrogens (tertiary/aromatic N) is 4. The molecule has 2 N–H and O–H groups in total. The molecule has 1 aliphatic carbocycles. The van der Waals surface area contributed by atoms with Crippen molar-refractivity contribution in [3.63, 3.8) is 0 Å². The van der Waals surface area contributed by atoms with Crippen molar-refractivity contribution in [2.24, 2.45) is 0 Å². The summed E-state index contributed by atoms with van der Waals surface area (Å²) in [6, 6.07) is 3.92. The fourth-order valence-corrected chi connectivity index (χ4v) is 3.28. The lowest BCUT2D eigenvalue weighted by Crippen LogP contribution is -2.01. The highest BCUT2D eigenvalue weighted by atomic mass is 32.1. The van der Waals surface area contributed by atoms with E-state index in [-0.39, 0.29) is 0 Å². The quantitative estimate of drug-likeness (QED) is 0.759. The van der Waals surface area contributed by atoms with E-state index in [1.54, 1.807) is 6.07 Å². The summed E-state index contributed by atoms with van der Waals surface area (Å²) in [5.41, 5.74) is 5.15. The molecule has 0 aromatic carbocycles. The Labute approximate surface area is 130 Å². The number of aryl methyl sites for hydroxylation is 2. The Bertz CT molecular complexity index is 872. The van der Waals surface area contributed by atoms with Crippen molar-refractivity contribution >= 4 is 23.0 Å². The first-order valence-electron chi connectivity index (χ1n) is 6.97. The normalized spacial score (nSPS) is 12.9. The molecular weight excluding hydrogens is 296 g/mol. The van der Waals surface area contributed by atoms with Crippen LogP contribution in [0.5, 0.6) is 0 Å². The number of rotatable bonds is 2. The van der Waals surface area contributed by atoms with Gasteiger partial charge < -0.3 is 5.32 Å². The fraction of sp³-hybridized carbons (Fsp3) is 0.200. The molecule has 0 unspecified atom stereocenters. The van der Waals surface area contributed by atoms with Gasteiger partial charge in [-0.1, -0.05) is 0 Å². The standard InChI is InChI=1S/C15H12N6S/c16-5-11-4-10(8-22-11)19-15-17-7-12-13(20-15)3-1-2-9-6-18-21-14(9)12/h4,6-8H,1-3H2,(H,18,21)(H,17,19,20). The number of hydrogen-bond donors (Lipinski definition) is 2. The molecule has 0 bridgehead atoms. The SMILES string of the molecule is N#Cc1cc(Nc2ncc3c(n2)CCCc2cn[nH]c2-3)cs1. The summed E-state index contributed by atoms with van der Waals surface area (Å²) >= 11 is 1.40. The average molecular weight is 308 g/mol. The van der Waals surface area contributed by atoms with Crippen molar-refractivity contribution in [3.8, 4) is 17.3 Å². The summed E-state index contributed by atoms with van der Waals surface area (Å²) in [4.78, 5) is 9.69. The molecule has 0 saturated carbocycles. The highest BCUT2D eigenvalue weighted by Crippen LogP contribution is 2.30. The number of thiophene rings is 1. The number of aromatic nitrogens is 4. The van der Waals surface area contributed by atoms with E-state index in [1.165, 1.54) is 16.9 Å². The topological polar surface area (TPSA) is 90.3 Å². The van der Waals surface area contributed by atoms with Gasteiger partial charge in [0, 0.05) is 17.1 Å². The molecule has 3 aromatic rings. The van der Waals surface area contributed by atoms with Crippen LogP contribution in [0.15, 0.2) is 23.8 Å². The molecule has 0 aliphatic heterocycles. The predicted molar refractivity (Wildman–Crippen MR) is 84.0 cm³/mol. The monoisotopic (exact) mass is 308 g/mol. The second-order valence-corrected chi connectivity index (χ2v) is 6.03. The number of fused-ring (bicyclic) bond motifs is 3. The van der Waals surface area contributed by atoms with Crippen LogP contribution in [0.1, 0.15) is 22.6 Å². The average Bonchev–Trinajstić information content (AvgIpc) is 3.14. The zero-order chi connectivity index (χ0) is 14.9. The Morgan fingerprint density at radius 3 is 3.14 bits per heavy atom. The Morgan fingerprint density at radius 2 is 2.27 bits per heavy atom. The van der Waals surface area contributed by atoms with E-state index in [1.807, 2.05) is 17.8 Å². The summed E-state index contributed by atoms with van der Waals surface area (Å²) in [5.74, 6) is 0.559. The van der Waals surface area contributed by atoms with E-state index in [0.29, 0.717) is 10.8 Å². The van der Waals surface area contributed by atoms with Crippen LogP contribution in [-0.2, 0) is 12.8 Å². The first kappa shape index (κ1) is 13.0. The fourth-order valence-electron chi connectivity index (χ4n) is 2.65. The third kappa shape index (κ3) is 2.23. The molecule has 0 spiro atoms. The third-order valence-electron chi connectivity index (χ3n) is 3.68. The van der Waals surface area contributed by atoms with Gasteiger partial charge in [0.25, 0.3) is 0 Å². The first-order chi connectivity index (χ1) is 10.8. The van der Waals surface area contributed by atoms with Gasteiger partial charge in [-0.3, -0.25) is 5.10 Å². The van der Waals surface area contributed by atoms with Gasteiger partial charge in [-0.15, -0.1) is 11.3 Å². The van der Waals surface area contributed by atoms with Crippen molar-refractivity contribution < 1.29 is 0 Å². The van der Waals surface area contributed by atoms with Crippen LogP contribution >= 0.6 is 11.3 Å². The number of H-pyrrole nitrogens is 1. The molecule has 0 amide bonds. The van der Waals surface area contributed by atoms with Crippen molar-refractivity contribution in [2.75, 3.05) is 5.32 Å². The van der Waals surface area contributed by atoms with Crippen molar-refractivity contribution in [3.05, 3.63) is 40.0 Å². The van der Waals surface area contributed by atoms with Crippen molar-refractivity contribution in [2.45, 2.75) is 19.3 Å². The molecule has 0 fully saturated rings. The zero-order valence-corrected chi connectivity index (χ0v) is 12.4. The van der Waals surface area contributed by atoms with Crippen LogP contribution in [0.2, 0.25) is 0 Å². The number of nitrogens with one attached hydrogen (secondary N) is 2. The summed E-state index contributed by atoms with van der Waals surface area (Å²) < 4.78 is 0. The number of anilines is 2. The lowest BCUT2D eigenvalue weighted by Gasteiger charge is -2.07. The van der Waals surface area contributed by atoms with Crippen LogP contribution in [0, 0.1) is 11.3 Å². The molecule has 1 aliphatic rings. The molecule has 3 heterocycles. The van der Waals surface area contributed by atoms with Crippen molar-refractivity contribution in [1.82, 2.24) is 20.2 Å². The van der Waals surface area contributed by atoms with Gasteiger partial charge in [0.2, 0.25) is 5.95 Å². The van der Waals surface area contributed by atoms with Gasteiger partial charge >= 0.3 is 0 Å². The highest BCUT2D eigenvalue weighted by molar-refractivity contribution is 7.11. The molecule has 7 heteroatoms. The van der Waals surface area contributed by atoms with E-state index in [0.717, 1.165) is 41.9 Å².